The molecule has 1 rings (SSSR count). The van der Waals surface area contributed by atoms with Gasteiger partial charge in [-0.1, -0.05) is 18.6 Å². The molecule has 0 aromatic carbocycles. The van der Waals surface area contributed by atoms with Crippen LogP contribution in [0.15, 0.2) is 11.6 Å². The minimum atomic E-state index is 1.15. The van der Waals surface area contributed by atoms with Gasteiger partial charge in [0.1, 0.15) is 0 Å². The van der Waals surface area contributed by atoms with Gasteiger partial charge in [-0.15, -0.1) is 0 Å². The van der Waals surface area contributed by atoms with E-state index in [0.717, 1.165) is 13.1 Å². The van der Waals surface area contributed by atoms with E-state index in [1.165, 1.54) is 26.1 Å². The van der Waals surface area contributed by atoms with Crippen molar-refractivity contribution in [2.24, 2.45) is 0 Å². The molecular formula is C10H20N2. The molecule has 12 heavy (non-hydrogen) atoms. The van der Waals surface area contributed by atoms with Gasteiger partial charge in [0, 0.05) is 32.7 Å². The molecule has 0 aromatic heterocycles. The van der Waals surface area contributed by atoms with Gasteiger partial charge in [-0.25, -0.2) is 0 Å². The fraction of sp³-hybridized carbons (Fsp3) is 0.800. The highest BCUT2D eigenvalue weighted by Crippen LogP contribution is 2.04. The lowest BCUT2D eigenvalue weighted by Crippen LogP contribution is -2.44. The van der Waals surface area contributed by atoms with E-state index in [1.807, 2.05) is 0 Å². The highest BCUT2D eigenvalue weighted by atomic mass is 15.2. The number of hydrogen-bond donors (Lipinski definition) is 1. The number of nitrogens with zero attached hydrogens (tertiary/aromatic N) is 1. The summed E-state index contributed by atoms with van der Waals surface area (Å²) in [5.74, 6) is 0. The predicted molar refractivity (Wildman–Crippen MR) is 53.4 cm³/mol. The Hall–Kier alpha value is -0.340. The third-order valence-electron chi connectivity index (χ3n) is 2.50. The molecule has 0 aromatic rings. The number of nitrogens with one attached hydrogen (secondary N) is 1. The maximum Gasteiger partial charge on any atom is 0.0193 e. The molecule has 0 aliphatic carbocycles. The summed E-state index contributed by atoms with van der Waals surface area (Å²) in [5.41, 5.74) is 1.57. The van der Waals surface area contributed by atoms with Crippen LogP contribution in [0, 0.1) is 0 Å². The van der Waals surface area contributed by atoms with E-state index in [4.69, 9.17) is 0 Å². The zero-order chi connectivity index (χ0) is 8.81. The zero-order valence-electron chi connectivity index (χ0n) is 8.27. The quantitative estimate of drug-likeness (QED) is 0.638. The lowest BCUT2D eigenvalue weighted by Gasteiger charge is -2.27. The summed E-state index contributed by atoms with van der Waals surface area (Å²) in [5, 5.41) is 3.36. The Kier molecular flexibility index (Phi) is 4.33. The highest BCUT2D eigenvalue weighted by Gasteiger charge is 2.09. The van der Waals surface area contributed by atoms with E-state index in [9.17, 15) is 0 Å². The maximum atomic E-state index is 3.36. The molecule has 0 saturated carbocycles. The van der Waals surface area contributed by atoms with Crippen molar-refractivity contribution < 1.29 is 0 Å². The average molecular weight is 168 g/mol. The third-order valence-corrected chi connectivity index (χ3v) is 2.50. The van der Waals surface area contributed by atoms with E-state index < -0.39 is 0 Å². The molecule has 0 spiro atoms. The Bertz CT molecular complexity index is 146. The topological polar surface area (TPSA) is 15.3 Å². The first-order valence-electron chi connectivity index (χ1n) is 4.94. The third kappa shape index (κ3) is 2.95. The van der Waals surface area contributed by atoms with Crippen LogP contribution < -0.4 is 5.32 Å². The van der Waals surface area contributed by atoms with Crippen LogP contribution in [-0.2, 0) is 0 Å². The molecule has 70 valence electrons. The summed E-state index contributed by atoms with van der Waals surface area (Å²) in [4.78, 5) is 2.52. The Morgan fingerprint density at radius 2 is 2.08 bits per heavy atom. The lowest BCUT2D eigenvalue weighted by atomic mass is 10.2. The Labute approximate surface area is 75.6 Å². The van der Waals surface area contributed by atoms with E-state index in [1.54, 1.807) is 5.57 Å². The van der Waals surface area contributed by atoms with Crippen molar-refractivity contribution in [1.82, 2.24) is 10.2 Å². The van der Waals surface area contributed by atoms with Gasteiger partial charge in [0.2, 0.25) is 0 Å². The second kappa shape index (κ2) is 5.33. The van der Waals surface area contributed by atoms with Gasteiger partial charge in [0.25, 0.3) is 0 Å². The Morgan fingerprint density at radius 1 is 1.42 bits per heavy atom. The van der Waals surface area contributed by atoms with Crippen molar-refractivity contribution in [1.29, 1.82) is 0 Å². The molecule has 0 bridgehead atoms. The zero-order valence-corrected chi connectivity index (χ0v) is 8.27. The Morgan fingerprint density at radius 3 is 2.58 bits per heavy atom. The Balaban J connectivity index is 2.28. The molecule has 1 N–H and O–H groups in total. The van der Waals surface area contributed by atoms with Crippen molar-refractivity contribution in [2.75, 3.05) is 32.7 Å². The van der Waals surface area contributed by atoms with Gasteiger partial charge in [0.15, 0.2) is 0 Å². The normalized spacial score (nSPS) is 21.3. The second-order valence-electron chi connectivity index (χ2n) is 3.33. The first-order valence-corrected chi connectivity index (χ1v) is 4.94. The summed E-state index contributed by atoms with van der Waals surface area (Å²) in [6.45, 7) is 10.3. The summed E-state index contributed by atoms with van der Waals surface area (Å²) in [6, 6.07) is 0. The monoisotopic (exact) mass is 168 g/mol. The molecule has 0 unspecified atom stereocenters. The summed E-state index contributed by atoms with van der Waals surface area (Å²) in [7, 11) is 0. The van der Waals surface area contributed by atoms with Crippen LogP contribution in [0.5, 0.6) is 0 Å². The molecule has 1 saturated heterocycles. The second-order valence-corrected chi connectivity index (χ2v) is 3.33. The fourth-order valence-electron chi connectivity index (χ4n) is 1.56. The number of allylic oxidation sites excluding steroid dienone is 1. The molecular weight excluding hydrogens is 148 g/mol. The van der Waals surface area contributed by atoms with Crippen molar-refractivity contribution >= 4 is 0 Å². The van der Waals surface area contributed by atoms with Crippen molar-refractivity contribution in [3.8, 4) is 0 Å². The fourth-order valence-corrected chi connectivity index (χ4v) is 1.56. The van der Waals surface area contributed by atoms with Gasteiger partial charge in [0.05, 0.1) is 0 Å². The van der Waals surface area contributed by atoms with Crippen LogP contribution in [0.4, 0.5) is 0 Å². The molecule has 1 fully saturated rings. The van der Waals surface area contributed by atoms with Gasteiger partial charge in [-0.2, -0.15) is 0 Å². The van der Waals surface area contributed by atoms with Crippen LogP contribution in [0.1, 0.15) is 20.3 Å². The molecule has 1 aliphatic rings. The molecule has 2 nitrogen and oxygen atoms in total. The van der Waals surface area contributed by atoms with Crippen LogP contribution >= 0.6 is 0 Å². The first kappa shape index (κ1) is 9.75. The number of rotatable bonds is 3. The van der Waals surface area contributed by atoms with Gasteiger partial charge in [-0.3, -0.25) is 4.90 Å². The van der Waals surface area contributed by atoms with Crippen LogP contribution in [0.3, 0.4) is 0 Å². The van der Waals surface area contributed by atoms with E-state index in [-0.39, 0.29) is 0 Å². The standard InChI is InChI=1S/C10H20N2/c1-3-10(4-2)9-12-7-5-11-6-8-12/h3,11H,4-9H2,1-2H3. The first-order chi connectivity index (χ1) is 5.86. The van der Waals surface area contributed by atoms with Crippen LogP contribution in [0.2, 0.25) is 0 Å². The van der Waals surface area contributed by atoms with Gasteiger partial charge in [-0.05, 0) is 13.3 Å². The van der Waals surface area contributed by atoms with Crippen LogP contribution in [0.25, 0.3) is 0 Å². The SMILES string of the molecule is CC=C(CC)CN1CCNCC1. The molecule has 0 atom stereocenters. The molecule has 1 aliphatic heterocycles. The van der Waals surface area contributed by atoms with Gasteiger partial charge >= 0.3 is 0 Å². The van der Waals surface area contributed by atoms with E-state index in [0.29, 0.717) is 0 Å². The van der Waals surface area contributed by atoms with Gasteiger partial charge < -0.3 is 5.32 Å². The largest absolute Gasteiger partial charge is 0.314 e. The van der Waals surface area contributed by atoms with Crippen LogP contribution in [-0.4, -0.2) is 37.6 Å². The minimum Gasteiger partial charge on any atom is -0.314 e. The molecule has 0 radical (unpaired) electrons. The lowest BCUT2D eigenvalue weighted by molar-refractivity contribution is 0.258. The van der Waals surface area contributed by atoms with Crippen molar-refractivity contribution in [3.05, 3.63) is 11.6 Å². The summed E-state index contributed by atoms with van der Waals surface area (Å²) in [6.07, 6.45) is 3.45. The van der Waals surface area contributed by atoms with E-state index in [2.05, 4.69) is 30.1 Å². The predicted octanol–water partition coefficient (Wildman–Crippen LogP) is 1.25. The van der Waals surface area contributed by atoms with E-state index >= 15 is 0 Å². The number of hydrogen-bond acceptors (Lipinski definition) is 2. The molecule has 0 amide bonds. The minimum absolute atomic E-state index is 1.15. The number of piperazine rings is 1. The average Bonchev–Trinajstić information content (AvgIpc) is 2.16. The molecule has 2 heteroatoms. The maximum absolute atomic E-state index is 3.36. The summed E-state index contributed by atoms with van der Waals surface area (Å²) >= 11 is 0. The summed E-state index contributed by atoms with van der Waals surface area (Å²) < 4.78 is 0. The smallest absolute Gasteiger partial charge is 0.0193 e. The van der Waals surface area contributed by atoms with Crippen molar-refractivity contribution in [3.63, 3.8) is 0 Å². The van der Waals surface area contributed by atoms with Crippen molar-refractivity contribution in [2.45, 2.75) is 20.3 Å². The molecule has 1 heterocycles. The highest BCUT2D eigenvalue weighted by molar-refractivity contribution is 5.02.